The van der Waals surface area contributed by atoms with Gasteiger partial charge in [-0.05, 0) is 18.6 Å². The lowest BCUT2D eigenvalue weighted by Crippen LogP contribution is -2.37. The highest BCUT2D eigenvalue weighted by Gasteiger charge is 2.17. The van der Waals surface area contributed by atoms with E-state index in [1.54, 1.807) is 0 Å². The number of carbonyl (C=O) groups is 1. The number of carbonyl (C=O) groups excluding carboxylic acids is 1. The van der Waals surface area contributed by atoms with Crippen molar-refractivity contribution >= 4 is 21.4 Å². The highest BCUT2D eigenvalue weighted by atomic mass is 32.2. The molecule has 0 saturated heterocycles. The second-order valence-corrected chi connectivity index (χ2v) is 6.62. The van der Waals surface area contributed by atoms with E-state index in [4.69, 9.17) is 10.5 Å². The molecule has 0 aliphatic heterocycles. The van der Waals surface area contributed by atoms with Crippen molar-refractivity contribution in [2.75, 3.05) is 24.4 Å². The molecule has 0 spiro atoms. The van der Waals surface area contributed by atoms with Crippen LogP contribution in [-0.4, -0.2) is 39.5 Å². The molecule has 1 rings (SSSR count). The lowest BCUT2D eigenvalue weighted by Gasteiger charge is -2.13. The molecule has 1 aromatic rings. The Balaban J connectivity index is 2.70. The molecule has 0 saturated carbocycles. The van der Waals surface area contributed by atoms with Crippen LogP contribution in [0.25, 0.3) is 0 Å². The maximum absolute atomic E-state index is 13.5. The van der Waals surface area contributed by atoms with Crippen LogP contribution in [0.5, 0.6) is 5.75 Å². The van der Waals surface area contributed by atoms with E-state index in [9.17, 15) is 17.6 Å². The summed E-state index contributed by atoms with van der Waals surface area (Å²) < 4.78 is 40.4. The summed E-state index contributed by atoms with van der Waals surface area (Å²) >= 11 is 0. The maximum Gasteiger partial charge on any atom is 0.241 e. The second kappa shape index (κ2) is 6.67. The van der Waals surface area contributed by atoms with Gasteiger partial charge in [0.15, 0.2) is 0 Å². The van der Waals surface area contributed by atoms with Crippen molar-refractivity contribution in [2.45, 2.75) is 12.5 Å². The summed E-state index contributed by atoms with van der Waals surface area (Å²) in [6.45, 7) is 0. The number of halogens is 1. The SMILES string of the molecule is COc1ccc(F)c(NC(=O)C(N)CCS(C)(=O)=O)c1. The smallest absolute Gasteiger partial charge is 0.241 e. The molecular weight excluding hydrogens is 287 g/mol. The number of methoxy groups -OCH3 is 1. The van der Waals surface area contributed by atoms with Crippen molar-refractivity contribution in [1.29, 1.82) is 0 Å². The van der Waals surface area contributed by atoms with Crippen molar-refractivity contribution in [3.8, 4) is 5.75 Å². The van der Waals surface area contributed by atoms with Gasteiger partial charge in [-0.15, -0.1) is 0 Å². The minimum absolute atomic E-state index is 0.0315. The fourth-order valence-electron chi connectivity index (χ4n) is 1.42. The zero-order valence-corrected chi connectivity index (χ0v) is 12.0. The quantitative estimate of drug-likeness (QED) is 0.799. The predicted octanol–water partition coefficient (Wildman–Crippen LogP) is 0.535. The molecule has 6 nitrogen and oxygen atoms in total. The Hall–Kier alpha value is -1.67. The van der Waals surface area contributed by atoms with Gasteiger partial charge in [0.25, 0.3) is 0 Å². The van der Waals surface area contributed by atoms with Gasteiger partial charge in [0.2, 0.25) is 5.91 Å². The number of anilines is 1. The largest absolute Gasteiger partial charge is 0.497 e. The average molecular weight is 304 g/mol. The Morgan fingerprint density at radius 2 is 2.15 bits per heavy atom. The van der Waals surface area contributed by atoms with Crippen LogP contribution in [0.15, 0.2) is 18.2 Å². The van der Waals surface area contributed by atoms with Crippen molar-refractivity contribution < 1.29 is 22.3 Å². The van der Waals surface area contributed by atoms with Gasteiger partial charge in [-0.3, -0.25) is 4.79 Å². The normalized spacial score (nSPS) is 12.8. The number of hydrogen-bond donors (Lipinski definition) is 2. The van der Waals surface area contributed by atoms with Crippen LogP contribution in [0, 0.1) is 5.82 Å². The first kappa shape index (κ1) is 16.4. The number of nitrogens with two attached hydrogens (primary N) is 1. The average Bonchev–Trinajstić information content (AvgIpc) is 2.37. The van der Waals surface area contributed by atoms with Crippen molar-refractivity contribution in [2.24, 2.45) is 5.73 Å². The zero-order valence-electron chi connectivity index (χ0n) is 11.2. The van der Waals surface area contributed by atoms with E-state index >= 15 is 0 Å². The number of amides is 1. The standard InChI is InChI=1S/C12H17FN2O4S/c1-19-8-3-4-9(13)11(7-8)15-12(16)10(14)5-6-20(2,17)18/h3-4,7,10H,5-6,14H2,1-2H3,(H,15,16). The summed E-state index contributed by atoms with van der Waals surface area (Å²) in [6.07, 6.45) is 1.02. The van der Waals surface area contributed by atoms with Gasteiger partial charge >= 0.3 is 0 Å². The van der Waals surface area contributed by atoms with E-state index < -0.39 is 27.6 Å². The van der Waals surface area contributed by atoms with Crippen LogP contribution in [0.2, 0.25) is 0 Å². The summed E-state index contributed by atoms with van der Waals surface area (Å²) in [5.41, 5.74) is 5.50. The molecular formula is C12H17FN2O4S. The van der Waals surface area contributed by atoms with Crippen molar-refractivity contribution in [3.05, 3.63) is 24.0 Å². The molecule has 1 unspecified atom stereocenters. The van der Waals surface area contributed by atoms with Gasteiger partial charge in [-0.2, -0.15) is 0 Å². The topological polar surface area (TPSA) is 98.5 Å². The Labute approximate surface area is 117 Å². The van der Waals surface area contributed by atoms with Gasteiger partial charge in [-0.1, -0.05) is 0 Å². The Bertz CT molecular complexity index is 589. The monoisotopic (exact) mass is 304 g/mol. The first-order valence-electron chi connectivity index (χ1n) is 5.80. The predicted molar refractivity (Wildman–Crippen MR) is 73.9 cm³/mol. The molecule has 0 heterocycles. The van der Waals surface area contributed by atoms with Crippen LogP contribution in [0.3, 0.4) is 0 Å². The Morgan fingerprint density at radius 3 is 2.70 bits per heavy atom. The van der Waals surface area contributed by atoms with Crippen LogP contribution in [0.1, 0.15) is 6.42 Å². The fourth-order valence-corrected chi connectivity index (χ4v) is 2.11. The number of rotatable bonds is 6. The van der Waals surface area contributed by atoms with Gasteiger partial charge in [0, 0.05) is 12.3 Å². The van der Waals surface area contributed by atoms with Crippen LogP contribution >= 0.6 is 0 Å². The van der Waals surface area contributed by atoms with E-state index in [0.717, 1.165) is 12.3 Å². The molecule has 0 aliphatic carbocycles. The summed E-state index contributed by atoms with van der Waals surface area (Å²) in [6, 6.07) is 2.84. The first-order valence-corrected chi connectivity index (χ1v) is 7.86. The zero-order chi connectivity index (χ0) is 15.3. The van der Waals surface area contributed by atoms with E-state index in [1.807, 2.05) is 0 Å². The first-order chi connectivity index (χ1) is 9.23. The van der Waals surface area contributed by atoms with Crippen LogP contribution < -0.4 is 15.8 Å². The molecule has 0 fully saturated rings. The minimum atomic E-state index is -3.20. The number of hydrogen-bond acceptors (Lipinski definition) is 5. The van der Waals surface area contributed by atoms with Crippen LogP contribution in [-0.2, 0) is 14.6 Å². The molecule has 0 aromatic heterocycles. The lowest BCUT2D eigenvalue weighted by molar-refractivity contribution is -0.117. The minimum Gasteiger partial charge on any atom is -0.497 e. The third-order valence-corrected chi connectivity index (χ3v) is 3.55. The molecule has 8 heteroatoms. The second-order valence-electron chi connectivity index (χ2n) is 4.36. The molecule has 0 aliphatic rings. The van der Waals surface area contributed by atoms with E-state index in [1.165, 1.54) is 19.2 Å². The molecule has 0 radical (unpaired) electrons. The molecule has 1 aromatic carbocycles. The summed E-state index contributed by atoms with van der Waals surface area (Å²) in [5, 5.41) is 2.31. The van der Waals surface area contributed by atoms with Gasteiger partial charge in [0.1, 0.15) is 21.4 Å². The van der Waals surface area contributed by atoms with E-state index in [2.05, 4.69) is 5.32 Å². The summed E-state index contributed by atoms with van der Waals surface area (Å²) in [5.74, 6) is -1.11. The van der Waals surface area contributed by atoms with Gasteiger partial charge in [-0.25, -0.2) is 12.8 Å². The van der Waals surface area contributed by atoms with E-state index in [0.29, 0.717) is 5.75 Å². The number of benzene rings is 1. The van der Waals surface area contributed by atoms with Gasteiger partial charge in [0.05, 0.1) is 24.6 Å². The summed E-state index contributed by atoms with van der Waals surface area (Å²) in [7, 11) is -1.79. The molecule has 20 heavy (non-hydrogen) atoms. The molecule has 0 bridgehead atoms. The molecule has 112 valence electrons. The van der Waals surface area contributed by atoms with Crippen molar-refractivity contribution in [3.63, 3.8) is 0 Å². The maximum atomic E-state index is 13.5. The third-order valence-electron chi connectivity index (χ3n) is 2.57. The molecule has 3 N–H and O–H groups in total. The van der Waals surface area contributed by atoms with Gasteiger partial charge < -0.3 is 15.8 Å². The molecule has 1 atom stereocenters. The highest BCUT2D eigenvalue weighted by molar-refractivity contribution is 7.90. The van der Waals surface area contributed by atoms with Crippen LogP contribution in [0.4, 0.5) is 10.1 Å². The highest BCUT2D eigenvalue weighted by Crippen LogP contribution is 2.21. The Morgan fingerprint density at radius 1 is 1.50 bits per heavy atom. The molecule has 1 amide bonds. The number of sulfone groups is 1. The van der Waals surface area contributed by atoms with E-state index in [-0.39, 0.29) is 17.9 Å². The summed E-state index contributed by atoms with van der Waals surface area (Å²) in [4.78, 5) is 11.7. The number of ether oxygens (including phenoxy) is 1. The van der Waals surface area contributed by atoms with Crippen molar-refractivity contribution in [1.82, 2.24) is 0 Å². The third kappa shape index (κ3) is 5.14. The number of nitrogens with one attached hydrogen (secondary N) is 1. The fraction of sp³-hybridized carbons (Fsp3) is 0.417. The lowest BCUT2D eigenvalue weighted by atomic mass is 10.2. The Kier molecular flexibility index (Phi) is 5.46.